The number of rotatable bonds is 49. The summed E-state index contributed by atoms with van der Waals surface area (Å²) in [6.07, 6.45) is 2.04. The minimum Gasteiger partial charge on any atom is -0.394 e. The number of hydrogen-bond donors (Lipinski definition) is 9. The van der Waals surface area contributed by atoms with Crippen molar-refractivity contribution >= 4 is 70.8 Å². The molecule has 9 N–H and O–H groups in total. The number of aliphatic hydroxyl groups excluding tert-OH is 3. The number of likely N-dealkylation sites (N-methyl/N-ethyl adjacent to an activating group) is 8. The highest BCUT2D eigenvalue weighted by Crippen LogP contribution is 2.25. The first-order chi connectivity index (χ1) is 51.3. The van der Waals surface area contributed by atoms with Gasteiger partial charge in [0, 0.05) is 75.4 Å². The summed E-state index contributed by atoms with van der Waals surface area (Å²) in [6.45, 7) is 29.1. The third kappa shape index (κ3) is 30.1. The summed E-state index contributed by atoms with van der Waals surface area (Å²) in [5.74, 6) is -8.88. The molecule has 11 amide bonds. The summed E-state index contributed by atoms with van der Waals surface area (Å²) in [6, 6.07) is -3.31. The standard InChI is InChI=1S/C81H144N14O15/c1-26-57(85-75(104)70(71(100)54(14)15)94(25)81(110)69(53(12)13)93(24)67(99)38-37-48(2)3)77(106)92(23)64(47-96)79(108)89(20)62(42-50(6)7)74(103)87-68(52(10)11)80(109)90(21)61(41-49(4)5)73(102)86-58(72(101)84-55(16)76(105)91(22)63(43-51(8)9)78(107)88(18)19)35-30-31-39-83-45-65(97)60-36-32-40-95(60)46-66(98)59(82-17)44-56-33-28-27-29-34-56/h27-29,33-34,48-55,57-64,66,68-71,82-83,96,98,100H,26,30-32,35-47H2,1-25H3,(H,84,101)(H,85,104)(H,86,102)(H,87,103)/t55-,57+,58+,59?,60?,61+,62+,63+,64-,66?,68+,69+,70+,71-/m1/s1. The van der Waals surface area contributed by atoms with E-state index in [2.05, 4.69) is 31.9 Å². The largest absolute Gasteiger partial charge is 0.394 e. The van der Waals surface area contributed by atoms with Crippen LogP contribution in [0.5, 0.6) is 0 Å². The molecule has 29 heteroatoms. The molecule has 1 fully saturated rings. The maximum Gasteiger partial charge on any atom is 0.248 e. The number of nitrogens with zero attached hydrogens (tertiary/aromatic N) is 8. The summed E-state index contributed by atoms with van der Waals surface area (Å²) in [4.78, 5) is 183. The molecule has 0 saturated carbocycles. The van der Waals surface area contributed by atoms with Crippen molar-refractivity contribution in [1.82, 2.24) is 71.1 Å². The molecule has 2 rings (SSSR count). The second-order valence-electron chi connectivity index (χ2n) is 33.4. The minimum absolute atomic E-state index is 0.0104. The van der Waals surface area contributed by atoms with Crippen molar-refractivity contribution in [2.45, 2.75) is 273 Å². The molecule has 1 aromatic rings. The summed E-state index contributed by atoms with van der Waals surface area (Å²) in [5, 5.41) is 51.6. The van der Waals surface area contributed by atoms with Crippen LogP contribution < -0.4 is 31.9 Å². The van der Waals surface area contributed by atoms with E-state index >= 15 is 9.59 Å². The SMILES string of the molecule is CC[C@H](NC(=O)[C@H]([C@H](O)C(C)C)N(C)C(=O)[C@H](C(C)C)N(C)C(=O)CCC(C)C)C(=O)N(C)[C@H](CO)C(=O)N(C)[C@@H](CC(C)C)C(=O)N[C@H](C(=O)N(C)[C@@H](CC(C)C)C(=O)N[C@@H](CCCCNCC(=O)C1CCCN1CC(O)C(Cc1ccccc1)NC)C(=O)N[C@H](C)C(=O)N(C)[C@@H](CC(C)C)C(=O)N(C)C)C(C)C. The van der Waals surface area contributed by atoms with Gasteiger partial charge in [-0.1, -0.05) is 134 Å². The van der Waals surface area contributed by atoms with Crippen LogP contribution in [0.1, 0.15) is 187 Å². The van der Waals surface area contributed by atoms with Crippen LogP contribution >= 0.6 is 0 Å². The average Bonchev–Trinajstić information content (AvgIpc) is 1.24. The van der Waals surface area contributed by atoms with Crippen LogP contribution in [0.3, 0.4) is 0 Å². The number of carbonyl (C=O) groups is 12. The Morgan fingerprint density at radius 1 is 0.518 bits per heavy atom. The normalized spacial score (nSPS) is 16.9. The Bertz CT molecular complexity index is 3100. The van der Waals surface area contributed by atoms with Crippen LogP contribution in [-0.2, 0) is 64.0 Å². The molecule has 1 aromatic carbocycles. The summed E-state index contributed by atoms with van der Waals surface area (Å²) in [5.41, 5.74) is 1.08. The zero-order valence-electron chi connectivity index (χ0n) is 71.4. The molecule has 0 bridgehead atoms. The fraction of sp³-hybridized carbons (Fsp3) is 0.778. The number of ketones is 1. The van der Waals surface area contributed by atoms with Gasteiger partial charge < -0.3 is 81.5 Å². The van der Waals surface area contributed by atoms with Crippen molar-refractivity contribution in [3.63, 3.8) is 0 Å². The molecule has 0 aliphatic carbocycles. The van der Waals surface area contributed by atoms with Gasteiger partial charge in [0.25, 0.3) is 0 Å². The Morgan fingerprint density at radius 3 is 1.55 bits per heavy atom. The number of aliphatic hydroxyl groups is 3. The second kappa shape index (κ2) is 48.0. The quantitative estimate of drug-likeness (QED) is 0.0423. The predicted molar refractivity (Wildman–Crippen MR) is 427 cm³/mol. The number of Topliss-reactive ketones (excluding diaryl/α,β-unsaturated/α-hetero) is 1. The number of amides is 11. The number of nitrogens with one attached hydrogen (secondary N) is 6. The van der Waals surface area contributed by atoms with E-state index in [0.717, 1.165) is 26.7 Å². The van der Waals surface area contributed by atoms with E-state index in [1.807, 2.05) is 97.7 Å². The van der Waals surface area contributed by atoms with Gasteiger partial charge in [-0.2, -0.15) is 0 Å². The Balaban J connectivity index is 2.50. The van der Waals surface area contributed by atoms with Gasteiger partial charge in [-0.15, -0.1) is 0 Å². The van der Waals surface area contributed by atoms with E-state index in [9.17, 15) is 63.3 Å². The molecule has 628 valence electrons. The Kier molecular flexibility index (Phi) is 43.2. The van der Waals surface area contributed by atoms with E-state index < -0.39 is 150 Å². The first-order valence-corrected chi connectivity index (χ1v) is 40.0. The zero-order valence-corrected chi connectivity index (χ0v) is 71.4. The van der Waals surface area contributed by atoms with Gasteiger partial charge in [-0.3, -0.25) is 62.4 Å². The zero-order chi connectivity index (χ0) is 84.0. The summed E-state index contributed by atoms with van der Waals surface area (Å²) < 4.78 is 0. The lowest BCUT2D eigenvalue weighted by Crippen LogP contribution is -2.63. The molecule has 1 aliphatic rings. The van der Waals surface area contributed by atoms with Crippen LogP contribution in [-0.4, -0.2) is 306 Å². The van der Waals surface area contributed by atoms with E-state index in [0.29, 0.717) is 58.2 Å². The average molecular weight is 1550 g/mol. The summed E-state index contributed by atoms with van der Waals surface area (Å²) in [7, 11) is 13.4. The first-order valence-electron chi connectivity index (χ1n) is 40.0. The molecule has 110 heavy (non-hydrogen) atoms. The van der Waals surface area contributed by atoms with Crippen LogP contribution in [0.25, 0.3) is 0 Å². The second-order valence-corrected chi connectivity index (χ2v) is 33.4. The topological polar surface area (TPSA) is 364 Å². The smallest absolute Gasteiger partial charge is 0.248 e. The van der Waals surface area contributed by atoms with Crippen molar-refractivity contribution < 1.29 is 72.9 Å². The Labute approximate surface area is 657 Å². The maximum absolute atomic E-state index is 15.1. The third-order valence-corrected chi connectivity index (χ3v) is 21.1. The lowest BCUT2D eigenvalue weighted by Gasteiger charge is -2.39. The number of hydrogen-bond acceptors (Lipinski definition) is 18. The van der Waals surface area contributed by atoms with E-state index in [1.165, 1.54) is 68.8 Å². The molecular formula is C81H144N14O15. The highest BCUT2D eigenvalue weighted by atomic mass is 16.3. The van der Waals surface area contributed by atoms with Crippen LogP contribution in [0.15, 0.2) is 30.3 Å². The highest BCUT2D eigenvalue weighted by molar-refractivity contribution is 5.99. The van der Waals surface area contributed by atoms with Crippen LogP contribution in [0, 0.1) is 41.4 Å². The molecule has 0 spiro atoms. The van der Waals surface area contributed by atoms with E-state index in [-0.39, 0.29) is 92.0 Å². The molecule has 29 nitrogen and oxygen atoms in total. The molecule has 1 heterocycles. The Morgan fingerprint density at radius 2 is 1.05 bits per heavy atom. The van der Waals surface area contributed by atoms with Gasteiger partial charge in [0.15, 0.2) is 5.78 Å². The lowest BCUT2D eigenvalue weighted by atomic mass is 9.94. The molecular weight excluding hydrogens is 1410 g/mol. The number of carbonyl (C=O) groups excluding carboxylic acids is 12. The molecule has 0 radical (unpaired) electrons. The third-order valence-electron chi connectivity index (χ3n) is 21.1. The highest BCUT2D eigenvalue weighted by Gasteiger charge is 2.45. The Hall–Kier alpha value is -7.18. The van der Waals surface area contributed by atoms with Crippen molar-refractivity contribution in [2.75, 3.05) is 96.2 Å². The van der Waals surface area contributed by atoms with E-state index in [1.54, 1.807) is 62.6 Å². The molecule has 1 aliphatic heterocycles. The number of likely N-dealkylation sites (tertiary alicyclic amines) is 1. The fourth-order valence-electron chi connectivity index (χ4n) is 14.1. The molecule has 3 unspecified atom stereocenters. The van der Waals surface area contributed by atoms with Crippen molar-refractivity contribution in [3.8, 4) is 0 Å². The number of β-amino-alcohol motifs (C(OH)–C–C–N with tert-alkyl or cyclic N) is 1. The van der Waals surface area contributed by atoms with Gasteiger partial charge >= 0.3 is 0 Å². The van der Waals surface area contributed by atoms with E-state index in [4.69, 9.17) is 0 Å². The molecule has 0 aromatic heterocycles. The van der Waals surface area contributed by atoms with Gasteiger partial charge in [0.05, 0.1) is 31.4 Å². The monoisotopic (exact) mass is 1550 g/mol. The number of benzene rings is 1. The first kappa shape index (κ1) is 98.9. The van der Waals surface area contributed by atoms with Gasteiger partial charge in [0.2, 0.25) is 65.0 Å². The van der Waals surface area contributed by atoms with Crippen LogP contribution in [0.2, 0.25) is 0 Å². The van der Waals surface area contributed by atoms with Crippen molar-refractivity contribution in [2.24, 2.45) is 41.4 Å². The van der Waals surface area contributed by atoms with Gasteiger partial charge in [0.1, 0.15) is 60.4 Å². The molecule has 14 atom stereocenters. The fourth-order valence-corrected chi connectivity index (χ4v) is 14.1. The van der Waals surface area contributed by atoms with Crippen LogP contribution in [0.4, 0.5) is 0 Å². The van der Waals surface area contributed by atoms with Gasteiger partial charge in [-0.05, 0) is 145 Å². The lowest BCUT2D eigenvalue weighted by molar-refractivity contribution is -0.154. The predicted octanol–water partition coefficient (Wildman–Crippen LogP) is 3.29. The van der Waals surface area contributed by atoms with Crippen molar-refractivity contribution in [3.05, 3.63) is 35.9 Å². The molecule has 1 saturated heterocycles. The number of unbranched alkanes of at least 4 members (excludes halogenated alkanes) is 1. The van der Waals surface area contributed by atoms with Gasteiger partial charge in [-0.25, -0.2) is 0 Å². The minimum atomic E-state index is -1.62. The summed E-state index contributed by atoms with van der Waals surface area (Å²) >= 11 is 0. The van der Waals surface area contributed by atoms with Crippen molar-refractivity contribution in [1.29, 1.82) is 0 Å². The maximum atomic E-state index is 15.1.